The molecule has 0 unspecified atom stereocenters. The van der Waals surface area contributed by atoms with Crippen molar-refractivity contribution in [2.75, 3.05) is 0 Å². The highest BCUT2D eigenvalue weighted by atomic mass is 15.1. The second kappa shape index (κ2) is 11.7. The van der Waals surface area contributed by atoms with Gasteiger partial charge >= 0.3 is 0 Å². The monoisotopic (exact) mass is 599 g/mol. The lowest BCUT2D eigenvalue weighted by Gasteiger charge is -2.27. The highest BCUT2D eigenvalue weighted by Crippen LogP contribution is 2.40. The van der Waals surface area contributed by atoms with Gasteiger partial charge in [-0.25, -0.2) is 4.98 Å². The summed E-state index contributed by atoms with van der Waals surface area (Å²) in [5.74, 6) is 1.72. The van der Waals surface area contributed by atoms with E-state index < -0.39 is 0 Å². The van der Waals surface area contributed by atoms with Crippen molar-refractivity contribution in [2.24, 2.45) is 0 Å². The molecule has 5 aromatic carbocycles. The molecule has 2 heterocycles. The Kier molecular flexibility index (Phi) is 7.56. The average molecular weight is 600 g/mol. The molecule has 0 N–H and O–H groups in total. The number of rotatable bonds is 7. The Morgan fingerprint density at radius 3 is 1.93 bits per heavy atom. The zero-order valence-corrected chi connectivity index (χ0v) is 27.6. The Bertz CT molecular complexity index is 2170. The van der Waals surface area contributed by atoms with Crippen molar-refractivity contribution in [3.63, 3.8) is 0 Å². The van der Waals surface area contributed by atoms with E-state index in [2.05, 4.69) is 167 Å². The maximum absolute atomic E-state index is 5.29. The maximum atomic E-state index is 5.29. The van der Waals surface area contributed by atoms with E-state index >= 15 is 0 Å². The van der Waals surface area contributed by atoms with Crippen molar-refractivity contribution in [3.05, 3.63) is 150 Å². The molecule has 0 amide bonds. The molecule has 3 nitrogen and oxygen atoms in total. The summed E-state index contributed by atoms with van der Waals surface area (Å²) in [6, 6.07) is 43.7. The van der Waals surface area contributed by atoms with Gasteiger partial charge in [-0.1, -0.05) is 133 Å². The minimum Gasteiger partial charge on any atom is -0.292 e. The second-order valence-corrected chi connectivity index (χ2v) is 13.5. The molecule has 0 aliphatic rings. The smallest absolute Gasteiger partial charge is 0.145 e. The predicted octanol–water partition coefficient (Wildman–Crippen LogP) is 11.5. The van der Waals surface area contributed by atoms with E-state index in [1.165, 1.54) is 38.7 Å². The Balaban J connectivity index is 1.38. The molecule has 0 spiro atoms. The summed E-state index contributed by atoms with van der Waals surface area (Å²) in [5, 5.41) is 2.37. The molecular weight excluding hydrogens is 558 g/mol. The Labute approximate surface area is 272 Å². The van der Waals surface area contributed by atoms with Gasteiger partial charge in [0.05, 0.1) is 22.4 Å². The number of aromatic nitrogens is 3. The summed E-state index contributed by atoms with van der Waals surface area (Å²) >= 11 is 0. The van der Waals surface area contributed by atoms with E-state index in [9.17, 15) is 0 Å². The van der Waals surface area contributed by atoms with E-state index in [0.717, 1.165) is 33.7 Å². The van der Waals surface area contributed by atoms with Crippen molar-refractivity contribution < 1.29 is 0 Å². The quantitative estimate of drug-likeness (QED) is 0.182. The van der Waals surface area contributed by atoms with Gasteiger partial charge < -0.3 is 0 Å². The average Bonchev–Trinajstić information content (AvgIpc) is 3.47. The first-order valence-electron chi connectivity index (χ1n) is 16.4. The molecule has 3 heteroatoms. The number of hydrogen-bond donors (Lipinski definition) is 0. The molecule has 0 fully saturated rings. The number of para-hydroxylation sites is 3. The topological polar surface area (TPSA) is 30.7 Å². The van der Waals surface area contributed by atoms with Crippen LogP contribution in [0.2, 0.25) is 0 Å². The van der Waals surface area contributed by atoms with Crippen molar-refractivity contribution in [2.45, 2.75) is 58.8 Å². The summed E-state index contributed by atoms with van der Waals surface area (Å²) in [4.78, 5) is 10.1. The maximum Gasteiger partial charge on any atom is 0.145 e. The van der Waals surface area contributed by atoms with E-state index in [1.54, 1.807) is 0 Å². The number of nitrogens with zero attached hydrogens (tertiary/aromatic N) is 3. The normalized spacial score (nSPS) is 12.1. The van der Waals surface area contributed by atoms with Gasteiger partial charge in [-0.2, -0.15) is 0 Å². The molecule has 228 valence electrons. The SMILES string of the molecule is CC(C)c1cccc(C(C)C)c1-n1c(-c2cccc(C(C)(C)c3cccc(-c4nccc5ccccc45)c3)c2)nc2ccccc21. The highest BCUT2D eigenvalue weighted by molar-refractivity contribution is 5.94. The molecule has 0 aliphatic carbocycles. The molecule has 0 bridgehead atoms. The Hall–Kier alpha value is -5.02. The van der Waals surface area contributed by atoms with E-state index in [1.807, 2.05) is 6.20 Å². The number of fused-ring (bicyclic) bond motifs is 2. The zero-order valence-electron chi connectivity index (χ0n) is 27.6. The first kappa shape index (κ1) is 29.7. The fourth-order valence-electron chi connectivity index (χ4n) is 6.83. The third-order valence-corrected chi connectivity index (χ3v) is 9.50. The van der Waals surface area contributed by atoms with E-state index in [-0.39, 0.29) is 5.41 Å². The van der Waals surface area contributed by atoms with Gasteiger partial charge in [0.25, 0.3) is 0 Å². The van der Waals surface area contributed by atoms with E-state index in [4.69, 9.17) is 9.97 Å². The van der Waals surface area contributed by atoms with Crippen LogP contribution in [0.3, 0.4) is 0 Å². The molecule has 7 aromatic rings. The van der Waals surface area contributed by atoms with Crippen LogP contribution in [0.1, 0.15) is 75.6 Å². The van der Waals surface area contributed by atoms with Gasteiger partial charge in [-0.3, -0.25) is 9.55 Å². The molecule has 0 saturated carbocycles. The van der Waals surface area contributed by atoms with Gasteiger partial charge in [0, 0.05) is 28.1 Å². The summed E-state index contributed by atoms with van der Waals surface area (Å²) in [7, 11) is 0. The van der Waals surface area contributed by atoms with E-state index in [0.29, 0.717) is 11.8 Å². The van der Waals surface area contributed by atoms with Gasteiger partial charge in [0.15, 0.2) is 0 Å². The molecular formula is C43H41N3. The van der Waals surface area contributed by atoms with Crippen LogP contribution in [-0.2, 0) is 5.41 Å². The number of benzene rings is 5. The van der Waals surface area contributed by atoms with Crippen LogP contribution in [0.5, 0.6) is 0 Å². The lowest BCUT2D eigenvalue weighted by atomic mass is 9.77. The Morgan fingerprint density at radius 2 is 1.22 bits per heavy atom. The Morgan fingerprint density at radius 1 is 0.609 bits per heavy atom. The van der Waals surface area contributed by atoms with Crippen LogP contribution in [-0.4, -0.2) is 14.5 Å². The largest absolute Gasteiger partial charge is 0.292 e. The molecule has 0 saturated heterocycles. The van der Waals surface area contributed by atoms with Crippen molar-refractivity contribution in [1.29, 1.82) is 0 Å². The van der Waals surface area contributed by atoms with Crippen molar-refractivity contribution in [1.82, 2.24) is 14.5 Å². The lowest BCUT2D eigenvalue weighted by Crippen LogP contribution is -2.19. The lowest BCUT2D eigenvalue weighted by molar-refractivity contribution is 0.641. The third-order valence-electron chi connectivity index (χ3n) is 9.50. The van der Waals surface area contributed by atoms with Gasteiger partial charge in [-0.05, 0) is 69.8 Å². The second-order valence-electron chi connectivity index (χ2n) is 13.5. The highest BCUT2D eigenvalue weighted by Gasteiger charge is 2.26. The number of hydrogen-bond acceptors (Lipinski definition) is 2. The summed E-state index contributed by atoms with van der Waals surface area (Å²) in [6.45, 7) is 13.8. The third kappa shape index (κ3) is 5.10. The molecule has 46 heavy (non-hydrogen) atoms. The first-order valence-corrected chi connectivity index (χ1v) is 16.4. The molecule has 7 rings (SSSR count). The zero-order chi connectivity index (χ0) is 32.0. The molecule has 0 atom stereocenters. The first-order chi connectivity index (χ1) is 22.2. The summed E-state index contributed by atoms with van der Waals surface area (Å²) in [5.41, 5.74) is 11.6. The van der Waals surface area contributed by atoms with Crippen molar-refractivity contribution >= 4 is 21.8 Å². The predicted molar refractivity (Wildman–Crippen MR) is 194 cm³/mol. The fraction of sp³-hybridized carbons (Fsp3) is 0.209. The van der Waals surface area contributed by atoms with Gasteiger partial charge in [0.2, 0.25) is 0 Å². The van der Waals surface area contributed by atoms with Crippen LogP contribution in [0.15, 0.2) is 128 Å². The van der Waals surface area contributed by atoms with Crippen LogP contribution >= 0.6 is 0 Å². The fourth-order valence-corrected chi connectivity index (χ4v) is 6.83. The van der Waals surface area contributed by atoms with Gasteiger partial charge in [0.1, 0.15) is 5.82 Å². The number of imidazole rings is 1. The minimum absolute atomic E-state index is 0.258. The minimum atomic E-state index is -0.258. The molecule has 0 aliphatic heterocycles. The van der Waals surface area contributed by atoms with Crippen LogP contribution in [0, 0.1) is 0 Å². The molecule has 0 radical (unpaired) electrons. The van der Waals surface area contributed by atoms with Crippen LogP contribution < -0.4 is 0 Å². The standard InChI is InChI=1S/C43H41N3/c1-28(2)35-20-13-21-36(29(3)4)41(35)46-39-23-10-9-22-38(39)45-42(46)32-16-12-18-34(27-32)43(5,6)33-17-11-15-31(26-33)40-37-19-8-7-14-30(37)24-25-44-40/h7-29H,1-6H3. The molecule has 2 aromatic heterocycles. The van der Waals surface area contributed by atoms with Crippen LogP contribution in [0.25, 0.3) is 50.1 Å². The summed E-state index contributed by atoms with van der Waals surface area (Å²) in [6.07, 6.45) is 1.91. The van der Waals surface area contributed by atoms with Crippen LogP contribution in [0.4, 0.5) is 0 Å². The number of pyridine rings is 1. The summed E-state index contributed by atoms with van der Waals surface area (Å²) < 4.78 is 2.42. The van der Waals surface area contributed by atoms with Crippen molar-refractivity contribution in [3.8, 4) is 28.3 Å². The van der Waals surface area contributed by atoms with Gasteiger partial charge in [-0.15, -0.1) is 0 Å².